The number of nitrogens with one attached hydrogen (secondary N) is 4. The number of hydrogen-bond donors (Lipinski definition) is 4. The van der Waals surface area contributed by atoms with Crippen molar-refractivity contribution < 1.29 is 33.4 Å². The second-order valence-corrected chi connectivity index (χ2v) is 12.5. The molecule has 0 saturated heterocycles. The van der Waals surface area contributed by atoms with Crippen molar-refractivity contribution in [1.82, 2.24) is 26.2 Å². The highest BCUT2D eigenvalue weighted by atomic mass is 35.5. The Kier molecular flexibility index (Phi) is 13.5. The molecule has 4 amide bonds. The van der Waals surface area contributed by atoms with Gasteiger partial charge in [0, 0.05) is 25.2 Å². The van der Waals surface area contributed by atoms with Crippen molar-refractivity contribution in [2.75, 3.05) is 33.9 Å². The number of carbonyl (C=O) groups excluding carboxylic acids is 4. The van der Waals surface area contributed by atoms with Gasteiger partial charge < -0.3 is 40.4 Å². The van der Waals surface area contributed by atoms with Crippen molar-refractivity contribution in [2.45, 2.75) is 58.3 Å². The summed E-state index contributed by atoms with van der Waals surface area (Å²) < 4.78 is 17.4. The van der Waals surface area contributed by atoms with E-state index in [0.29, 0.717) is 73.0 Å². The van der Waals surface area contributed by atoms with Crippen molar-refractivity contribution in [3.05, 3.63) is 82.9 Å². The van der Waals surface area contributed by atoms with Crippen LogP contribution < -0.4 is 35.5 Å². The van der Waals surface area contributed by atoms with Crippen LogP contribution in [0.1, 0.15) is 53.7 Å². The zero-order valence-corrected chi connectivity index (χ0v) is 29.7. The summed E-state index contributed by atoms with van der Waals surface area (Å²) in [5.74, 6) is 0.0431. The number of benzene rings is 3. The standard InChI is InChI=1S/C37H45N5O7.ClH/c1-23(2)34-36(45)40-21-27-29(47-3)12-9-13-30(27)49-32-19-25(14-15-31(32)48-4)35(44)38-16-7-8-17-42(22-33(43)41-34)37(46)28-18-24-10-5-6-11-26(24)20-39-28;/h5-6,9-15,19,23,28,34,39H,7-8,16-18,20-22H2,1-4H3,(H,38,44)(H,40,45)(H,41,43);1H/t28-,34?;/m1./s1. The fraction of sp³-hybridized carbons (Fsp3) is 0.405. The van der Waals surface area contributed by atoms with Gasteiger partial charge in [-0.05, 0) is 66.6 Å². The van der Waals surface area contributed by atoms with E-state index in [1.54, 1.807) is 41.3 Å². The molecule has 2 aliphatic rings. The molecule has 0 radical (unpaired) electrons. The summed E-state index contributed by atoms with van der Waals surface area (Å²) in [7, 11) is 3.03. The van der Waals surface area contributed by atoms with E-state index in [4.69, 9.17) is 14.2 Å². The minimum Gasteiger partial charge on any atom is -0.496 e. The lowest BCUT2D eigenvalue weighted by Crippen LogP contribution is -2.55. The Morgan fingerprint density at radius 1 is 0.880 bits per heavy atom. The van der Waals surface area contributed by atoms with Gasteiger partial charge in [-0.3, -0.25) is 19.2 Å². The molecule has 0 aliphatic carbocycles. The highest BCUT2D eigenvalue weighted by Crippen LogP contribution is 2.37. The number of nitrogens with zero attached hydrogens (tertiary/aromatic N) is 1. The average molecular weight is 708 g/mol. The van der Waals surface area contributed by atoms with Gasteiger partial charge in [-0.25, -0.2) is 0 Å². The normalized spacial score (nSPS) is 18.9. The summed E-state index contributed by atoms with van der Waals surface area (Å²) in [6, 6.07) is 16.8. The zero-order chi connectivity index (χ0) is 34.9. The number of rotatable bonds is 4. The molecule has 1 unspecified atom stereocenters. The lowest BCUT2D eigenvalue weighted by molar-refractivity contribution is -0.139. The van der Waals surface area contributed by atoms with Crippen molar-refractivity contribution in [2.24, 2.45) is 5.92 Å². The molecule has 3 aromatic carbocycles. The van der Waals surface area contributed by atoms with Crippen LogP contribution in [0.15, 0.2) is 60.7 Å². The first-order valence-corrected chi connectivity index (χ1v) is 16.6. The summed E-state index contributed by atoms with van der Waals surface area (Å²) in [5.41, 5.74) is 3.17. The molecule has 2 aliphatic heterocycles. The Morgan fingerprint density at radius 2 is 1.64 bits per heavy atom. The van der Waals surface area contributed by atoms with Crippen LogP contribution in [0.2, 0.25) is 0 Å². The smallest absolute Gasteiger partial charge is 0.251 e. The molecule has 0 fully saturated rings. The maximum atomic E-state index is 13.9. The molecule has 0 saturated carbocycles. The molecule has 4 N–H and O–H groups in total. The molecule has 0 aromatic heterocycles. The molecule has 2 heterocycles. The molecular weight excluding hydrogens is 662 g/mol. The van der Waals surface area contributed by atoms with E-state index >= 15 is 0 Å². The van der Waals surface area contributed by atoms with Crippen LogP contribution in [0.4, 0.5) is 0 Å². The SMILES string of the molecule is COc1ccc2cc1Oc1cccc(OC)c1CNC(=O)C(C(C)C)NC(=O)CN(C(=O)[C@H]1Cc3ccccc3CN1)CCCCNC2=O.Cl. The maximum Gasteiger partial charge on any atom is 0.251 e. The number of halogens is 1. The van der Waals surface area contributed by atoms with Crippen molar-refractivity contribution >= 4 is 36.0 Å². The predicted octanol–water partition coefficient (Wildman–Crippen LogP) is 3.74. The van der Waals surface area contributed by atoms with Gasteiger partial charge in [-0.2, -0.15) is 0 Å². The topological polar surface area (TPSA) is 147 Å². The van der Waals surface area contributed by atoms with Gasteiger partial charge in [0.1, 0.15) is 17.5 Å². The Morgan fingerprint density at radius 3 is 2.38 bits per heavy atom. The monoisotopic (exact) mass is 707 g/mol. The Hall–Kier alpha value is -4.81. The van der Waals surface area contributed by atoms with E-state index < -0.39 is 23.9 Å². The van der Waals surface area contributed by atoms with Crippen LogP contribution in [0.25, 0.3) is 0 Å². The molecule has 12 nitrogen and oxygen atoms in total. The number of fused-ring (bicyclic) bond motifs is 4. The summed E-state index contributed by atoms with van der Waals surface area (Å²) in [6.45, 7) is 4.73. The Balaban J connectivity index is 0.00000562. The van der Waals surface area contributed by atoms with Gasteiger partial charge in [0.05, 0.1) is 38.9 Å². The third-order valence-electron chi connectivity index (χ3n) is 8.83. The van der Waals surface area contributed by atoms with Gasteiger partial charge in [0.2, 0.25) is 17.7 Å². The third kappa shape index (κ3) is 9.25. The van der Waals surface area contributed by atoms with Crippen molar-refractivity contribution in [1.29, 1.82) is 0 Å². The van der Waals surface area contributed by atoms with E-state index in [0.717, 1.165) is 11.1 Å². The van der Waals surface area contributed by atoms with Crippen LogP contribution in [0.5, 0.6) is 23.0 Å². The number of ether oxygens (including phenoxy) is 3. The van der Waals surface area contributed by atoms with Crippen LogP contribution >= 0.6 is 12.4 Å². The van der Waals surface area contributed by atoms with E-state index in [2.05, 4.69) is 21.3 Å². The average Bonchev–Trinajstić information content (AvgIpc) is 3.11. The minimum absolute atomic E-state index is 0. The molecule has 0 spiro atoms. The quantitative estimate of drug-likeness (QED) is 0.321. The maximum absolute atomic E-state index is 13.9. The first kappa shape index (κ1) is 38.0. The summed E-state index contributed by atoms with van der Waals surface area (Å²) in [4.78, 5) is 55.6. The van der Waals surface area contributed by atoms with Crippen LogP contribution in [-0.4, -0.2) is 74.5 Å². The first-order chi connectivity index (χ1) is 23.7. The fourth-order valence-electron chi connectivity index (χ4n) is 6.08. The number of hydrogen-bond acceptors (Lipinski definition) is 8. The molecule has 2 atom stereocenters. The summed E-state index contributed by atoms with van der Waals surface area (Å²) in [5, 5.41) is 12.1. The lowest BCUT2D eigenvalue weighted by atomic mass is 9.95. The second-order valence-electron chi connectivity index (χ2n) is 12.5. The summed E-state index contributed by atoms with van der Waals surface area (Å²) >= 11 is 0. The van der Waals surface area contributed by atoms with E-state index in [9.17, 15) is 19.2 Å². The van der Waals surface area contributed by atoms with E-state index in [1.165, 1.54) is 14.2 Å². The first-order valence-electron chi connectivity index (χ1n) is 16.6. The lowest BCUT2D eigenvalue weighted by Gasteiger charge is -2.31. The van der Waals surface area contributed by atoms with E-state index in [-0.39, 0.29) is 43.2 Å². The van der Waals surface area contributed by atoms with Gasteiger partial charge >= 0.3 is 0 Å². The van der Waals surface area contributed by atoms with Gasteiger partial charge in [-0.1, -0.05) is 44.2 Å². The highest BCUT2D eigenvalue weighted by molar-refractivity contribution is 5.95. The van der Waals surface area contributed by atoms with Crippen LogP contribution in [0.3, 0.4) is 0 Å². The van der Waals surface area contributed by atoms with Gasteiger partial charge in [0.25, 0.3) is 5.91 Å². The number of carbonyl (C=O) groups is 4. The number of methoxy groups -OCH3 is 2. The summed E-state index contributed by atoms with van der Waals surface area (Å²) in [6.07, 6.45) is 1.63. The predicted molar refractivity (Wildman–Crippen MR) is 191 cm³/mol. The highest BCUT2D eigenvalue weighted by Gasteiger charge is 2.31. The third-order valence-corrected chi connectivity index (χ3v) is 8.83. The second kappa shape index (κ2) is 17.7. The molecular formula is C37H46ClN5O7. The molecule has 3 aromatic rings. The van der Waals surface area contributed by atoms with Crippen molar-refractivity contribution in [3.63, 3.8) is 0 Å². The molecule has 13 heteroatoms. The van der Waals surface area contributed by atoms with Gasteiger partial charge in [0.15, 0.2) is 11.5 Å². The van der Waals surface area contributed by atoms with Gasteiger partial charge in [-0.15, -0.1) is 12.4 Å². The zero-order valence-electron chi connectivity index (χ0n) is 28.9. The molecule has 5 rings (SSSR count). The molecule has 50 heavy (non-hydrogen) atoms. The number of amides is 4. The largest absolute Gasteiger partial charge is 0.496 e. The fourth-order valence-corrected chi connectivity index (χ4v) is 6.08. The van der Waals surface area contributed by atoms with Crippen LogP contribution in [-0.2, 0) is 33.9 Å². The molecule has 268 valence electrons. The Labute approximate surface area is 299 Å². The Bertz CT molecular complexity index is 1680. The minimum atomic E-state index is -0.860. The van der Waals surface area contributed by atoms with E-state index in [1.807, 2.05) is 38.1 Å². The van der Waals surface area contributed by atoms with Crippen molar-refractivity contribution in [3.8, 4) is 23.0 Å². The van der Waals surface area contributed by atoms with Crippen LogP contribution in [0, 0.1) is 5.92 Å². The molecule has 2 bridgehead atoms.